The molecule has 2 atom stereocenters. The van der Waals surface area contributed by atoms with Crippen molar-refractivity contribution in [2.45, 2.75) is 32.9 Å². The highest BCUT2D eigenvalue weighted by Gasteiger charge is 2.14. The quantitative estimate of drug-likeness (QED) is 0.856. The molecule has 0 aromatic carbocycles. The zero-order valence-electron chi connectivity index (χ0n) is 10.8. The molecule has 0 aliphatic heterocycles. The topological polar surface area (TPSA) is 81.7 Å². The molecule has 2 aromatic heterocycles. The smallest absolute Gasteiger partial charge is 0.222 e. The Hall–Kier alpha value is -2.11. The van der Waals surface area contributed by atoms with Crippen LogP contribution >= 0.6 is 0 Å². The summed E-state index contributed by atoms with van der Waals surface area (Å²) >= 11 is 0. The van der Waals surface area contributed by atoms with Crippen molar-refractivity contribution < 1.29 is 0 Å². The number of aryl methyl sites for hydroxylation is 1. The lowest BCUT2D eigenvalue weighted by atomic mass is 10.2. The van der Waals surface area contributed by atoms with E-state index in [0.29, 0.717) is 0 Å². The van der Waals surface area contributed by atoms with Gasteiger partial charge in [-0.1, -0.05) is 0 Å². The Morgan fingerprint density at radius 3 is 2.72 bits per heavy atom. The fourth-order valence-corrected chi connectivity index (χ4v) is 1.77. The second kappa shape index (κ2) is 5.03. The first kappa shape index (κ1) is 12.3. The molecule has 2 aromatic rings. The van der Waals surface area contributed by atoms with Gasteiger partial charge in [0, 0.05) is 30.2 Å². The second-order valence-corrected chi connectivity index (χ2v) is 4.41. The predicted molar refractivity (Wildman–Crippen MR) is 71.2 cm³/mol. The predicted octanol–water partition coefficient (Wildman–Crippen LogP) is 1.63. The number of nitrogens with two attached hydrogens (primary N) is 1. The van der Waals surface area contributed by atoms with Gasteiger partial charge in [0.1, 0.15) is 5.82 Å². The van der Waals surface area contributed by atoms with Crippen LogP contribution in [-0.4, -0.2) is 25.8 Å². The summed E-state index contributed by atoms with van der Waals surface area (Å²) in [5, 5.41) is 7.55. The van der Waals surface area contributed by atoms with Crippen LogP contribution in [-0.2, 0) is 0 Å². The molecule has 0 radical (unpaired) electrons. The third-order valence-electron chi connectivity index (χ3n) is 2.91. The Balaban J connectivity index is 2.09. The molecule has 0 saturated heterocycles. The van der Waals surface area contributed by atoms with Crippen molar-refractivity contribution in [2.75, 3.05) is 11.1 Å². The van der Waals surface area contributed by atoms with Gasteiger partial charge in [0.25, 0.3) is 0 Å². The third kappa shape index (κ3) is 2.77. The molecule has 0 amide bonds. The first-order valence-corrected chi connectivity index (χ1v) is 5.93. The van der Waals surface area contributed by atoms with E-state index in [1.165, 1.54) is 0 Å². The highest BCUT2D eigenvalue weighted by Crippen LogP contribution is 2.15. The number of nitrogens with one attached hydrogen (secondary N) is 1. The fraction of sp³-hybridized carbons (Fsp3) is 0.417. The standard InChI is InChI=1S/C12H18N6/c1-8-7-11(17-12(13)15-8)16-9(2)10(3)18-6-4-5-14-18/h4-7,9-10H,1-3H3,(H3,13,15,16,17)/t9-,10+/m0/s1. The van der Waals surface area contributed by atoms with Gasteiger partial charge in [-0.05, 0) is 26.8 Å². The Morgan fingerprint density at radius 1 is 1.33 bits per heavy atom. The number of nitrogens with zero attached hydrogens (tertiary/aromatic N) is 4. The van der Waals surface area contributed by atoms with Crippen LogP contribution in [0.25, 0.3) is 0 Å². The summed E-state index contributed by atoms with van der Waals surface area (Å²) in [6, 6.07) is 4.19. The van der Waals surface area contributed by atoms with Crippen LogP contribution in [0.15, 0.2) is 24.5 Å². The van der Waals surface area contributed by atoms with E-state index in [9.17, 15) is 0 Å². The van der Waals surface area contributed by atoms with E-state index in [1.54, 1.807) is 6.20 Å². The van der Waals surface area contributed by atoms with E-state index in [0.717, 1.165) is 11.5 Å². The molecule has 2 rings (SSSR count). The minimum atomic E-state index is 0.179. The first-order valence-electron chi connectivity index (χ1n) is 5.93. The number of nitrogen functional groups attached to an aromatic ring is 1. The lowest BCUT2D eigenvalue weighted by molar-refractivity contribution is 0.443. The molecule has 96 valence electrons. The Morgan fingerprint density at radius 2 is 2.11 bits per heavy atom. The van der Waals surface area contributed by atoms with Gasteiger partial charge in [-0.25, -0.2) is 4.98 Å². The number of hydrogen-bond donors (Lipinski definition) is 2. The summed E-state index contributed by atoms with van der Waals surface area (Å²) in [4.78, 5) is 8.21. The summed E-state index contributed by atoms with van der Waals surface area (Å²) in [7, 11) is 0. The molecule has 0 spiro atoms. The summed E-state index contributed by atoms with van der Waals surface area (Å²) in [5.41, 5.74) is 6.48. The Bertz CT molecular complexity index is 487. The van der Waals surface area contributed by atoms with Gasteiger partial charge in [-0.15, -0.1) is 0 Å². The zero-order chi connectivity index (χ0) is 13.1. The molecule has 0 bridgehead atoms. The SMILES string of the molecule is Cc1cc(N[C@@H](C)[C@@H](C)n2cccn2)nc(N)n1. The van der Waals surface area contributed by atoms with Crippen LogP contribution in [0.5, 0.6) is 0 Å². The Kier molecular flexibility index (Phi) is 3.45. The maximum absolute atomic E-state index is 5.63. The van der Waals surface area contributed by atoms with Crippen LogP contribution in [0.4, 0.5) is 11.8 Å². The molecule has 18 heavy (non-hydrogen) atoms. The van der Waals surface area contributed by atoms with E-state index in [4.69, 9.17) is 5.73 Å². The van der Waals surface area contributed by atoms with Crippen LogP contribution in [0, 0.1) is 6.92 Å². The molecular weight excluding hydrogens is 228 g/mol. The maximum atomic E-state index is 5.63. The largest absolute Gasteiger partial charge is 0.368 e. The van der Waals surface area contributed by atoms with E-state index in [-0.39, 0.29) is 18.0 Å². The van der Waals surface area contributed by atoms with Crippen molar-refractivity contribution in [3.63, 3.8) is 0 Å². The Labute approximate surface area is 106 Å². The van der Waals surface area contributed by atoms with Crippen molar-refractivity contribution in [3.05, 3.63) is 30.2 Å². The number of aromatic nitrogens is 4. The average molecular weight is 246 g/mol. The fourth-order valence-electron chi connectivity index (χ4n) is 1.77. The highest BCUT2D eigenvalue weighted by molar-refractivity contribution is 5.41. The minimum absolute atomic E-state index is 0.179. The van der Waals surface area contributed by atoms with Gasteiger partial charge < -0.3 is 11.1 Å². The molecule has 0 unspecified atom stereocenters. The number of rotatable bonds is 4. The van der Waals surface area contributed by atoms with Crippen molar-refractivity contribution in [1.82, 2.24) is 19.7 Å². The van der Waals surface area contributed by atoms with Gasteiger partial charge in [0.05, 0.1) is 6.04 Å². The van der Waals surface area contributed by atoms with Crippen LogP contribution in [0.1, 0.15) is 25.6 Å². The van der Waals surface area contributed by atoms with E-state index < -0.39 is 0 Å². The molecule has 2 heterocycles. The molecule has 0 aliphatic carbocycles. The van der Waals surface area contributed by atoms with E-state index >= 15 is 0 Å². The molecule has 0 aliphatic rings. The molecule has 6 nitrogen and oxygen atoms in total. The van der Waals surface area contributed by atoms with Gasteiger partial charge in [-0.2, -0.15) is 10.1 Å². The summed E-state index contributed by atoms with van der Waals surface area (Å²) in [5.74, 6) is 1.03. The van der Waals surface area contributed by atoms with Gasteiger partial charge >= 0.3 is 0 Å². The first-order chi connectivity index (χ1) is 8.56. The molecule has 3 N–H and O–H groups in total. The van der Waals surface area contributed by atoms with Gasteiger partial charge in [-0.3, -0.25) is 4.68 Å². The highest BCUT2D eigenvalue weighted by atomic mass is 15.3. The lowest BCUT2D eigenvalue weighted by Crippen LogP contribution is -2.27. The van der Waals surface area contributed by atoms with Crippen molar-refractivity contribution in [1.29, 1.82) is 0 Å². The molecule has 6 heteroatoms. The summed E-state index contributed by atoms with van der Waals surface area (Å²) in [6.45, 7) is 6.08. The second-order valence-electron chi connectivity index (χ2n) is 4.41. The average Bonchev–Trinajstić information content (AvgIpc) is 2.79. The lowest BCUT2D eigenvalue weighted by Gasteiger charge is -2.22. The van der Waals surface area contributed by atoms with E-state index in [2.05, 4.69) is 34.2 Å². The zero-order valence-corrected chi connectivity index (χ0v) is 10.8. The van der Waals surface area contributed by atoms with E-state index in [1.807, 2.05) is 29.9 Å². The summed E-state index contributed by atoms with van der Waals surface area (Å²) < 4.78 is 1.91. The van der Waals surface area contributed by atoms with Crippen molar-refractivity contribution in [3.8, 4) is 0 Å². The van der Waals surface area contributed by atoms with Crippen molar-refractivity contribution >= 4 is 11.8 Å². The van der Waals surface area contributed by atoms with Gasteiger partial charge in [0.2, 0.25) is 5.95 Å². The van der Waals surface area contributed by atoms with Crippen LogP contribution < -0.4 is 11.1 Å². The summed E-state index contributed by atoms with van der Waals surface area (Å²) in [6.07, 6.45) is 3.72. The minimum Gasteiger partial charge on any atom is -0.368 e. The third-order valence-corrected chi connectivity index (χ3v) is 2.91. The normalized spacial score (nSPS) is 14.2. The molecular formula is C12H18N6. The van der Waals surface area contributed by atoms with Crippen LogP contribution in [0.2, 0.25) is 0 Å². The monoisotopic (exact) mass is 246 g/mol. The number of hydrogen-bond acceptors (Lipinski definition) is 5. The maximum Gasteiger partial charge on any atom is 0.222 e. The molecule has 0 fully saturated rings. The number of anilines is 2. The van der Waals surface area contributed by atoms with Gasteiger partial charge in [0.15, 0.2) is 0 Å². The molecule has 0 saturated carbocycles. The van der Waals surface area contributed by atoms with Crippen LogP contribution in [0.3, 0.4) is 0 Å². The van der Waals surface area contributed by atoms with Crippen molar-refractivity contribution in [2.24, 2.45) is 0 Å².